The predicted octanol–water partition coefficient (Wildman–Crippen LogP) is 5.54. The lowest BCUT2D eigenvalue weighted by molar-refractivity contribution is -0.385. The number of nitrogens with zero attached hydrogens (tertiary/aromatic N) is 3. The number of benzene rings is 4. The number of rotatable bonds is 12. The van der Waals surface area contributed by atoms with Crippen LogP contribution in [0.25, 0.3) is 6.08 Å². The lowest BCUT2D eigenvalue weighted by atomic mass is 10.1. The molecule has 0 aliphatic carbocycles. The molecule has 4 rings (SSSR count). The molecule has 2 N–H and O–H groups in total. The summed E-state index contributed by atoms with van der Waals surface area (Å²) in [5.41, 5.74) is 3.83. The molecule has 2 amide bonds. The third kappa shape index (κ3) is 8.90. The van der Waals surface area contributed by atoms with Gasteiger partial charge in [0, 0.05) is 47.2 Å². The van der Waals surface area contributed by atoms with Crippen LogP contribution in [0.15, 0.2) is 102 Å². The Hall–Kier alpha value is -6.70. The molecule has 232 valence electrons. The highest BCUT2D eigenvalue weighted by molar-refractivity contribution is 6.05. The number of hydrogen-bond donors (Lipinski definition) is 2. The molecule has 0 heterocycles. The highest BCUT2D eigenvalue weighted by Crippen LogP contribution is 2.28. The van der Waals surface area contributed by atoms with Crippen LogP contribution in [0.4, 0.5) is 17.1 Å². The van der Waals surface area contributed by atoms with E-state index in [2.05, 4.69) is 15.8 Å². The van der Waals surface area contributed by atoms with Gasteiger partial charge in [-0.05, 0) is 72.7 Å². The van der Waals surface area contributed by atoms with Crippen molar-refractivity contribution in [2.75, 3.05) is 11.9 Å². The van der Waals surface area contributed by atoms with Crippen LogP contribution in [-0.4, -0.2) is 40.5 Å². The van der Waals surface area contributed by atoms with Gasteiger partial charge < -0.3 is 14.8 Å². The summed E-state index contributed by atoms with van der Waals surface area (Å²) in [6.07, 6.45) is 3.88. The van der Waals surface area contributed by atoms with Gasteiger partial charge in [0.2, 0.25) is 0 Å². The summed E-state index contributed by atoms with van der Waals surface area (Å²) < 4.78 is 11.0. The van der Waals surface area contributed by atoms with Gasteiger partial charge in [0.15, 0.2) is 11.5 Å². The number of carbonyl (C=O) groups is 3. The van der Waals surface area contributed by atoms with Gasteiger partial charge in [-0.3, -0.25) is 29.8 Å². The first-order chi connectivity index (χ1) is 22.1. The summed E-state index contributed by atoms with van der Waals surface area (Å²) in [6.45, 7) is 2.01. The normalized spacial score (nSPS) is 10.8. The van der Waals surface area contributed by atoms with Gasteiger partial charge in [0.05, 0.1) is 22.7 Å². The Balaban J connectivity index is 1.36. The second kappa shape index (κ2) is 15.2. The first-order valence-corrected chi connectivity index (χ1v) is 13.5. The molecule has 14 heteroatoms. The molecule has 0 radical (unpaired) electrons. The van der Waals surface area contributed by atoms with E-state index in [1.807, 2.05) is 0 Å². The molecule has 0 saturated carbocycles. The van der Waals surface area contributed by atoms with Crippen LogP contribution in [0, 0.1) is 20.2 Å². The minimum atomic E-state index is -0.729. The number of nitro benzene ring substituents is 2. The highest BCUT2D eigenvalue weighted by Gasteiger charge is 2.13. The number of hydrogen-bond acceptors (Lipinski definition) is 10. The zero-order valence-corrected chi connectivity index (χ0v) is 24.1. The van der Waals surface area contributed by atoms with Gasteiger partial charge in [-0.1, -0.05) is 18.2 Å². The maximum atomic E-state index is 12.7. The van der Waals surface area contributed by atoms with Crippen molar-refractivity contribution in [3.8, 4) is 11.5 Å². The first kappa shape index (κ1) is 32.2. The Morgan fingerprint density at radius 1 is 0.783 bits per heavy atom. The number of nitro groups is 2. The van der Waals surface area contributed by atoms with Crippen LogP contribution < -0.4 is 20.2 Å². The second-order valence-electron chi connectivity index (χ2n) is 9.28. The van der Waals surface area contributed by atoms with Crippen molar-refractivity contribution < 1.29 is 33.7 Å². The van der Waals surface area contributed by atoms with E-state index >= 15 is 0 Å². The Labute approximate surface area is 261 Å². The van der Waals surface area contributed by atoms with Gasteiger partial charge in [-0.2, -0.15) is 5.10 Å². The Bertz CT molecular complexity index is 1850. The molecule has 0 bridgehead atoms. The van der Waals surface area contributed by atoms with Crippen molar-refractivity contribution in [1.29, 1.82) is 0 Å². The van der Waals surface area contributed by atoms with Crippen LogP contribution in [-0.2, 0) is 4.79 Å². The van der Waals surface area contributed by atoms with Crippen molar-refractivity contribution in [3.05, 3.63) is 140 Å². The van der Waals surface area contributed by atoms with E-state index in [9.17, 15) is 34.6 Å². The minimum Gasteiger partial charge on any atom is -0.490 e. The maximum Gasteiger partial charge on any atom is 0.336 e. The largest absolute Gasteiger partial charge is 0.490 e. The summed E-state index contributed by atoms with van der Waals surface area (Å²) in [7, 11) is 0. The topological polar surface area (TPSA) is 192 Å². The van der Waals surface area contributed by atoms with Crippen molar-refractivity contribution in [3.63, 3.8) is 0 Å². The van der Waals surface area contributed by atoms with Gasteiger partial charge >= 0.3 is 5.97 Å². The molecule has 0 fully saturated rings. The summed E-state index contributed by atoms with van der Waals surface area (Å²) >= 11 is 0. The third-order valence-electron chi connectivity index (χ3n) is 6.07. The van der Waals surface area contributed by atoms with Crippen LogP contribution in [0.1, 0.15) is 38.8 Å². The van der Waals surface area contributed by atoms with E-state index in [1.54, 1.807) is 37.3 Å². The molecular weight excluding hydrogens is 598 g/mol. The fourth-order valence-electron chi connectivity index (χ4n) is 3.91. The van der Waals surface area contributed by atoms with E-state index in [4.69, 9.17) is 9.47 Å². The monoisotopic (exact) mass is 623 g/mol. The summed E-state index contributed by atoms with van der Waals surface area (Å²) in [5.74, 6) is -1.43. The maximum absolute atomic E-state index is 12.7. The number of hydrazone groups is 1. The zero-order valence-electron chi connectivity index (χ0n) is 24.1. The molecule has 0 atom stereocenters. The Morgan fingerprint density at radius 3 is 2.24 bits per heavy atom. The van der Waals surface area contributed by atoms with E-state index in [1.165, 1.54) is 73.0 Å². The number of esters is 1. The molecule has 0 aromatic heterocycles. The quantitative estimate of drug-likeness (QED) is 0.0509. The molecule has 0 unspecified atom stereocenters. The SMILES string of the molecule is CCOc1cc(C=NNC(=O)c2cccc(NC(=O)c3ccc([N+](=O)[O-])cc3)c2)ccc1OC(=O)/C=C/c1cccc([N+](=O)[O-])c1. The lowest BCUT2D eigenvalue weighted by Gasteiger charge is -2.10. The minimum absolute atomic E-state index is 0.110. The zero-order chi connectivity index (χ0) is 33.1. The number of anilines is 1. The molecular formula is C32H25N5O9. The first-order valence-electron chi connectivity index (χ1n) is 13.5. The third-order valence-corrected chi connectivity index (χ3v) is 6.07. The number of non-ortho nitro benzene ring substituents is 2. The number of carbonyl (C=O) groups excluding carboxylic acids is 3. The molecule has 4 aromatic carbocycles. The van der Waals surface area contributed by atoms with Crippen LogP contribution in [0.2, 0.25) is 0 Å². The van der Waals surface area contributed by atoms with Crippen molar-refractivity contribution in [2.24, 2.45) is 5.10 Å². The standard InChI is InChI=1S/C32H25N5O9/c1-2-45-29-18-22(9-15-28(29)46-30(38)16-10-21-5-3-8-27(17-21)37(43)44)20-33-35-32(40)24-6-4-7-25(19-24)34-31(39)23-11-13-26(14-12-23)36(41)42/h3-20H,2H2,1H3,(H,34,39)(H,35,40)/b16-10+,33-20?. The fourth-order valence-corrected chi connectivity index (χ4v) is 3.91. The summed E-state index contributed by atoms with van der Waals surface area (Å²) in [4.78, 5) is 58.3. The molecule has 4 aromatic rings. The molecule has 14 nitrogen and oxygen atoms in total. The summed E-state index contributed by atoms with van der Waals surface area (Å²) in [5, 5.41) is 28.4. The van der Waals surface area contributed by atoms with Gasteiger partial charge in [-0.25, -0.2) is 10.2 Å². The van der Waals surface area contributed by atoms with Crippen molar-refractivity contribution in [2.45, 2.75) is 6.92 Å². The predicted molar refractivity (Wildman–Crippen MR) is 168 cm³/mol. The van der Waals surface area contributed by atoms with Crippen molar-refractivity contribution in [1.82, 2.24) is 5.43 Å². The number of ether oxygens (including phenoxy) is 2. The second-order valence-corrected chi connectivity index (χ2v) is 9.28. The van der Waals surface area contributed by atoms with Crippen LogP contribution >= 0.6 is 0 Å². The molecule has 0 spiro atoms. The number of amides is 2. The van der Waals surface area contributed by atoms with Gasteiger partial charge in [-0.15, -0.1) is 0 Å². The van der Waals surface area contributed by atoms with E-state index in [-0.39, 0.29) is 40.6 Å². The number of nitrogens with one attached hydrogen (secondary N) is 2. The highest BCUT2D eigenvalue weighted by atomic mass is 16.6. The molecule has 0 saturated heterocycles. The summed E-state index contributed by atoms with van der Waals surface area (Å²) in [6, 6.07) is 21.6. The van der Waals surface area contributed by atoms with E-state index in [0.717, 1.165) is 6.08 Å². The van der Waals surface area contributed by atoms with Gasteiger partial charge in [0.1, 0.15) is 0 Å². The fraction of sp³-hybridized carbons (Fsp3) is 0.0625. The Kier molecular flexibility index (Phi) is 10.6. The van der Waals surface area contributed by atoms with Crippen LogP contribution in [0.5, 0.6) is 11.5 Å². The van der Waals surface area contributed by atoms with E-state index < -0.39 is 27.6 Å². The lowest BCUT2D eigenvalue weighted by Crippen LogP contribution is -2.18. The molecule has 46 heavy (non-hydrogen) atoms. The molecule has 0 aliphatic heterocycles. The van der Waals surface area contributed by atoms with Crippen LogP contribution in [0.3, 0.4) is 0 Å². The average Bonchev–Trinajstić information content (AvgIpc) is 3.05. The Morgan fingerprint density at radius 2 is 1.52 bits per heavy atom. The van der Waals surface area contributed by atoms with E-state index in [0.29, 0.717) is 16.8 Å². The smallest absolute Gasteiger partial charge is 0.336 e. The average molecular weight is 624 g/mol. The molecule has 0 aliphatic rings. The van der Waals surface area contributed by atoms with Crippen molar-refractivity contribution >= 4 is 47.1 Å². The van der Waals surface area contributed by atoms with Gasteiger partial charge in [0.25, 0.3) is 23.2 Å².